The summed E-state index contributed by atoms with van der Waals surface area (Å²) in [4.78, 5) is 55.6. The fourth-order valence-corrected chi connectivity index (χ4v) is 13.9. The van der Waals surface area contributed by atoms with Crippen LogP contribution in [0.4, 0.5) is 68.2 Å². The number of hydrogen-bond donors (Lipinski definition) is 12. The topological polar surface area (TPSA) is 448 Å². The number of fused-ring (bicyclic) bond motifs is 2. The number of carbonyl (C=O) groups excluding carboxylic acids is 2. The number of nitrogens with zero attached hydrogens (tertiary/aromatic N) is 4. The monoisotopic (exact) mass is 1460 g/mol. The highest BCUT2D eigenvalue weighted by molar-refractivity contribution is 7.91. The molecule has 2 aliphatic heterocycles. The minimum Gasteiger partial charge on any atom is -0.478 e. The average Bonchev–Trinajstić information content (AvgIpc) is 0.752. The molecule has 2 fully saturated rings. The molecule has 2 heterocycles. The zero-order chi connectivity index (χ0) is 72.4. The molecule has 0 amide bonds. The second-order valence-electron chi connectivity index (χ2n) is 23.1. The molecule has 102 heavy (non-hydrogen) atoms. The highest BCUT2D eigenvalue weighted by Crippen LogP contribution is 2.41. The Morgan fingerprint density at radius 3 is 1.10 bits per heavy atom. The number of carboxylic acid groups (broad SMARTS) is 2. The lowest BCUT2D eigenvalue weighted by Gasteiger charge is -2.30. The molecule has 8 aromatic carbocycles. The molecular formula is C68H58N10O20S4. The Morgan fingerprint density at radius 1 is 0.412 bits per heavy atom. The van der Waals surface area contributed by atoms with Crippen molar-refractivity contribution in [3.8, 4) is 0 Å². The van der Waals surface area contributed by atoms with E-state index in [1.54, 1.807) is 109 Å². The number of rotatable bonds is 22. The van der Waals surface area contributed by atoms with E-state index >= 15 is 0 Å². The van der Waals surface area contributed by atoms with Gasteiger partial charge < -0.3 is 50.8 Å². The summed E-state index contributed by atoms with van der Waals surface area (Å²) in [6, 6.07) is 38.5. The second kappa shape index (κ2) is 28.7. The summed E-state index contributed by atoms with van der Waals surface area (Å²) in [6.07, 6.45) is 4.50. The number of ether oxygens (including phenoxy) is 2. The maximum absolute atomic E-state index is 14.5. The van der Waals surface area contributed by atoms with E-state index in [1.165, 1.54) is 36.4 Å². The van der Waals surface area contributed by atoms with Crippen LogP contribution >= 0.6 is 0 Å². The third-order valence-corrected chi connectivity index (χ3v) is 19.6. The lowest BCUT2D eigenvalue weighted by atomic mass is 9.92. The normalized spacial score (nSPS) is 15.8. The van der Waals surface area contributed by atoms with Gasteiger partial charge in [0.1, 0.15) is 9.81 Å². The number of benzene rings is 8. The van der Waals surface area contributed by atoms with Crippen molar-refractivity contribution in [2.45, 2.75) is 9.79 Å². The van der Waals surface area contributed by atoms with E-state index in [4.69, 9.17) is 9.47 Å². The molecule has 0 unspecified atom stereocenters. The van der Waals surface area contributed by atoms with Crippen molar-refractivity contribution < 1.29 is 90.7 Å². The second-order valence-corrected chi connectivity index (χ2v) is 28.7. The minimum atomic E-state index is -5.19. The quantitative estimate of drug-likeness (QED) is 0.0170. The Morgan fingerprint density at radius 2 is 0.765 bits per heavy atom. The molecule has 12 rings (SSSR count). The SMILES string of the molecule is O=C(O)c1cc(Nc2cc(Nc3cc(S(=O)(=O)O)cc4c3C(=O)/C(=N/Nc3ccccc3)C(S(=O)(=O)O)=C4)cc(N3CCOCC3)c2)ccc1/C=C/c1ccc(Nc2cc(Nc3cc(S(=O)(=O)O)cc4c3C(=O)/C(=N/Nc3ccccc3)C(S(=O)(=O)O)=C4)cc(N3CCOCC3)c2)cc1C(=O)O. The molecular weight excluding hydrogens is 1410 g/mol. The molecule has 34 heteroatoms. The van der Waals surface area contributed by atoms with Crippen molar-refractivity contribution in [1.29, 1.82) is 0 Å². The van der Waals surface area contributed by atoms with Crippen LogP contribution in [0.3, 0.4) is 0 Å². The summed E-state index contributed by atoms with van der Waals surface area (Å²) in [5, 5.41) is 41.9. The van der Waals surface area contributed by atoms with Gasteiger partial charge in [0.2, 0.25) is 11.6 Å². The lowest BCUT2D eigenvalue weighted by Crippen LogP contribution is -2.36. The van der Waals surface area contributed by atoms with Crippen LogP contribution in [-0.4, -0.2) is 150 Å². The van der Waals surface area contributed by atoms with Crippen LogP contribution in [0.15, 0.2) is 188 Å². The molecule has 0 aromatic heterocycles. The number of morpholine rings is 2. The zero-order valence-corrected chi connectivity index (χ0v) is 56.1. The van der Waals surface area contributed by atoms with Crippen molar-refractivity contribution in [2.75, 3.05) is 94.5 Å². The van der Waals surface area contributed by atoms with Crippen LogP contribution in [0.1, 0.15) is 63.7 Å². The van der Waals surface area contributed by atoms with Crippen LogP contribution in [0.25, 0.3) is 24.3 Å². The number of carbonyl (C=O) groups is 4. The Balaban J connectivity index is 0.841. The van der Waals surface area contributed by atoms with Gasteiger partial charge in [0, 0.05) is 71.7 Å². The molecule has 8 aromatic rings. The lowest BCUT2D eigenvalue weighted by molar-refractivity contribution is 0.0685. The molecule has 12 N–H and O–H groups in total. The molecule has 0 atom stereocenters. The smallest absolute Gasteiger partial charge is 0.336 e. The van der Waals surface area contributed by atoms with E-state index in [1.807, 2.05) is 9.80 Å². The zero-order valence-electron chi connectivity index (χ0n) is 52.8. The van der Waals surface area contributed by atoms with E-state index in [0.717, 1.165) is 36.4 Å². The van der Waals surface area contributed by atoms with Gasteiger partial charge in [0.15, 0.2) is 11.4 Å². The van der Waals surface area contributed by atoms with E-state index in [9.17, 15) is 81.3 Å². The minimum absolute atomic E-state index is 0.143. The predicted molar refractivity (Wildman–Crippen MR) is 383 cm³/mol. The summed E-state index contributed by atoms with van der Waals surface area (Å²) < 4.78 is 154. The van der Waals surface area contributed by atoms with Crippen LogP contribution in [0, 0.1) is 0 Å². The van der Waals surface area contributed by atoms with Crippen LogP contribution in [0.2, 0.25) is 0 Å². The first-order valence-electron chi connectivity index (χ1n) is 30.5. The van der Waals surface area contributed by atoms with Gasteiger partial charge in [-0.15, -0.1) is 0 Å². The van der Waals surface area contributed by atoms with Gasteiger partial charge in [-0.05, 0) is 144 Å². The molecule has 2 saturated heterocycles. The maximum atomic E-state index is 14.5. The van der Waals surface area contributed by atoms with Crippen molar-refractivity contribution in [3.05, 3.63) is 212 Å². The van der Waals surface area contributed by atoms with E-state index in [0.29, 0.717) is 86.7 Å². The van der Waals surface area contributed by atoms with E-state index in [2.05, 4.69) is 42.3 Å². The van der Waals surface area contributed by atoms with Crippen LogP contribution in [0.5, 0.6) is 0 Å². The van der Waals surface area contributed by atoms with E-state index in [-0.39, 0.29) is 78.6 Å². The first-order valence-corrected chi connectivity index (χ1v) is 36.3. The Labute approximate surface area is 582 Å². The summed E-state index contributed by atoms with van der Waals surface area (Å²) in [5.41, 5.74) is 5.14. The maximum Gasteiger partial charge on any atom is 0.336 e. The molecule has 0 radical (unpaired) electrons. The van der Waals surface area contributed by atoms with Gasteiger partial charge in [-0.25, -0.2) is 9.59 Å². The number of Topliss-reactive ketones (excluding diaryl/α,β-unsaturated/α-hetero) is 2. The first-order chi connectivity index (χ1) is 48.5. The number of hydrogen-bond acceptors (Lipinski definition) is 24. The third-order valence-electron chi connectivity index (χ3n) is 16.2. The van der Waals surface area contributed by atoms with Gasteiger partial charge in [-0.1, -0.05) is 60.7 Å². The van der Waals surface area contributed by atoms with Crippen LogP contribution in [-0.2, 0) is 49.9 Å². The summed E-state index contributed by atoms with van der Waals surface area (Å²) in [6.45, 7) is 3.02. The molecule has 0 spiro atoms. The Bertz CT molecular complexity index is 5100. The van der Waals surface area contributed by atoms with E-state index < -0.39 is 95.0 Å². The molecule has 4 aliphatic rings. The van der Waals surface area contributed by atoms with Crippen molar-refractivity contribution in [1.82, 2.24) is 0 Å². The standard InChI is InChI=1S/C68H58N10O20S4/c79-65-61-41(27-59(101(91,92)93)63(65)75-73-43-7-3-1-4-8-43)25-53(99(85,86)87)37-57(61)71-49-29-47(31-51(33-49)77-17-21-97-22-18-77)69-45-15-13-39(55(35-45)67(81)82)11-12-40-14-16-46(36-56(40)68(83)84)70-48-30-50(34-52(32-48)78-19-23-98-24-20-78)72-58-38-54(100(88,89)90)26-42-28-60(102(94,95)96)64(66(80)62(42)58)76-74-44-9-5-2-6-10-44/h1-16,25-38,69-74H,17-24H2,(H,81,82)(H,83,84)(H,85,86,87)(H,88,89,90)(H,91,92,93)(H,94,95,96)/b12-11+,75-63+,76-64+. The van der Waals surface area contributed by atoms with Gasteiger partial charge in [-0.2, -0.15) is 43.9 Å². The summed E-state index contributed by atoms with van der Waals surface area (Å²) >= 11 is 0. The number of allylic oxidation sites excluding steroid dienone is 2. The predicted octanol–water partition coefficient (Wildman–Crippen LogP) is 10.2. The number of hydrazone groups is 2. The number of carboxylic acids is 2. The number of ketones is 2. The van der Waals surface area contributed by atoms with Crippen molar-refractivity contribution >= 4 is 168 Å². The fourth-order valence-electron chi connectivity index (χ4n) is 11.5. The highest BCUT2D eigenvalue weighted by atomic mass is 32.2. The molecule has 2 aliphatic carbocycles. The molecule has 0 bridgehead atoms. The number of aromatic carboxylic acids is 2. The third kappa shape index (κ3) is 16.1. The summed E-state index contributed by atoms with van der Waals surface area (Å²) in [5.74, 6) is -4.87. The number of nitrogens with one attached hydrogen (secondary N) is 6. The largest absolute Gasteiger partial charge is 0.478 e. The van der Waals surface area contributed by atoms with Crippen molar-refractivity contribution in [3.63, 3.8) is 0 Å². The first kappa shape index (κ1) is 70.4. The average molecular weight is 1460 g/mol. The van der Waals surface area contributed by atoms with Gasteiger partial charge in [0.05, 0.1) is 81.2 Å². The molecule has 524 valence electrons. The molecule has 0 saturated carbocycles. The number of para-hydroxylation sites is 2. The van der Waals surface area contributed by atoms with Crippen molar-refractivity contribution in [2.24, 2.45) is 10.2 Å². The highest BCUT2D eigenvalue weighted by Gasteiger charge is 2.38. The van der Waals surface area contributed by atoms with Gasteiger partial charge >= 0.3 is 11.9 Å². The molecule has 30 nitrogen and oxygen atoms in total. The Hall–Kier alpha value is -11.4. The fraction of sp³-hybridized carbons (Fsp3) is 0.118. The van der Waals surface area contributed by atoms with Gasteiger partial charge in [0.25, 0.3) is 40.5 Å². The number of anilines is 12. The Kier molecular flexibility index (Phi) is 19.8. The van der Waals surface area contributed by atoms with Gasteiger partial charge in [-0.3, -0.25) is 38.7 Å². The summed E-state index contributed by atoms with van der Waals surface area (Å²) in [7, 11) is -20.5. The van der Waals surface area contributed by atoms with Crippen LogP contribution < -0.4 is 41.9 Å².